The Morgan fingerprint density at radius 1 is 1.04 bits per heavy atom. The van der Waals surface area contributed by atoms with Gasteiger partial charge in [-0.2, -0.15) is 13.2 Å². The fourth-order valence-corrected chi connectivity index (χ4v) is 2.92. The number of alkyl halides is 3. The molecule has 0 fully saturated rings. The molecular formula is C16H12F3N3O4S. The standard InChI is InChI=1S/C16H12F3N3O4S/c17-16(18,19)14-8-22(9-1-4-11(5-2-9)27(20,25)26)15(21-14)12-7-10(23)3-6-13(12)24/h1-8,23-24H,(H2,20,25,26). The molecule has 3 aromatic rings. The van der Waals surface area contributed by atoms with Crippen molar-refractivity contribution in [2.24, 2.45) is 5.14 Å². The smallest absolute Gasteiger partial charge is 0.434 e. The molecule has 0 saturated carbocycles. The third-order valence-corrected chi connectivity index (χ3v) is 4.59. The van der Waals surface area contributed by atoms with Gasteiger partial charge in [0.2, 0.25) is 10.0 Å². The van der Waals surface area contributed by atoms with Gasteiger partial charge in [0, 0.05) is 11.9 Å². The molecule has 27 heavy (non-hydrogen) atoms. The first-order valence-electron chi connectivity index (χ1n) is 7.29. The van der Waals surface area contributed by atoms with Crippen molar-refractivity contribution in [2.75, 3.05) is 0 Å². The highest BCUT2D eigenvalue weighted by Crippen LogP contribution is 2.37. The summed E-state index contributed by atoms with van der Waals surface area (Å²) in [6.45, 7) is 0. The number of rotatable bonds is 3. The largest absolute Gasteiger partial charge is 0.508 e. The van der Waals surface area contributed by atoms with E-state index >= 15 is 0 Å². The predicted octanol–water partition coefficient (Wildman–Crippen LogP) is 2.62. The SMILES string of the molecule is NS(=O)(=O)c1ccc(-n2cc(C(F)(F)F)nc2-c2cc(O)ccc2O)cc1. The van der Waals surface area contributed by atoms with Crippen LogP contribution in [0.2, 0.25) is 0 Å². The molecule has 2 aromatic carbocycles. The minimum absolute atomic E-state index is 0.138. The summed E-state index contributed by atoms with van der Waals surface area (Å²) < 4.78 is 63.1. The van der Waals surface area contributed by atoms with Crippen LogP contribution in [0.5, 0.6) is 11.5 Å². The molecule has 3 rings (SSSR count). The average molecular weight is 399 g/mol. The first-order valence-corrected chi connectivity index (χ1v) is 8.83. The van der Waals surface area contributed by atoms with Crippen LogP contribution in [0, 0.1) is 0 Å². The van der Waals surface area contributed by atoms with Gasteiger partial charge >= 0.3 is 6.18 Å². The zero-order chi connectivity index (χ0) is 20.0. The molecule has 0 spiro atoms. The Kier molecular flexibility index (Phi) is 4.36. The zero-order valence-corrected chi connectivity index (χ0v) is 14.2. The summed E-state index contributed by atoms with van der Waals surface area (Å²) in [5.74, 6) is -0.968. The van der Waals surface area contributed by atoms with Crippen LogP contribution in [0.25, 0.3) is 17.1 Å². The average Bonchev–Trinajstić information content (AvgIpc) is 3.02. The Morgan fingerprint density at radius 2 is 1.67 bits per heavy atom. The van der Waals surface area contributed by atoms with Crippen molar-refractivity contribution >= 4 is 10.0 Å². The maximum atomic E-state index is 13.1. The van der Waals surface area contributed by atoms with E-state index in [0.717, 1.165) is 34.9 Å². The number of nitrogens with two attached hydrogens (primary N) is 1. The monoisotopic (exact) mass is 399 g/mol. The van der Waals surface area contributed by atoms with Crippen molar-refractivity contribution in [3.05, 3.63) is 54.4 Å². The van der Waals surface area contributed by atoms with E-state index in [9.17, 15) is 31.8 Å². The summed E-state index contributed by atoms with van der Waals surface area (Å²) in [4.78, 5) is 3.31. The van der Waals surface area contributed by atoms with Gasteiger partial charge < -0.3 is 10.2 Å². The highest BCUT2D eigenvalue weighted by molar-refractivity contribution is 7.89. The number of phenols is 2. The van der Waals surface area contributed by atoms with Crippen molar-refractivity contribution in [3.8, 4) is 28.6 Å². The number of aromatic hydroxyl groups is 2. The van der Waals surface area contributed by atoms with Crippen molar-refractivity contribution < 1.29 is 31.8 Å². The van der Waals surface area contributed by atoms with E-state index in [1.807, 2.05) is 0 Å². The molecule has 0 unspecified atom stereocenters. The Morgan fingerprint density at radius 3 is 2.22 bits per heavy atom. The molecule has 4 N–H and O–H groups in total. The highest BCUT2D eigenvalue weighted by atomic mass is 32.2. The highest BCUT2D eigenvalue weighted by Gasteiger charge is 2.35. The van der Waals surface area contributed by atoms with Gasteiger partial charge in [-0.05, 0) is 42.5 Å². The van der Waals surface area contributed by atoms with Gasteiger partial charge in [-0.25, -0.2) is 18.5 Å². The van der Waals surface area contributed by atoms with E-state index in [2.05, 4.69) is 4.98 Å². The number of benzene rings is 2. The second kappa shape index (κ2) is 6.28. The summed E-state index contributed by atoms with van der Waals surface area (Å²) in [7, 11) is -3.97. The first-order chi connectivity index (χ1) is 12.5. The topological polar surface area (TPSA) is 118 Å². The quantitative estimate of drug-likeness (QED) is 0.585. The molecule has 0 bridgehead atoms. The lowest BCUT2D eigenvalue weighted by molar-refractivity contribution is -0.140. The molecule has 1 heterocycles. The molecule has 0 aliphatic carbocycles. The Balaban J connectivity index is 2.23. The van der Waals surface area contributed by atoms with Crippen molar-refractivity contribution in [3.63, 3.8) is 0 Å². The van der Waals surface area contributed by atoms with Crippen LogP contribution in [-0.2, 0) is 16.2 Å². The van der Waals surface area contributed by atoms with Gasteiger partial charge in [-0.15, -0.1) is 0 Å². The Labute approximate surface area is 151 Å². The number of hydrogen-bond donors (Lipinski definition) is 3. The van der Waals surface area contributed by atoms with E-state index < -0.39 is 27.6 Å². The van der Waals surface area contributed by atoms with E-state index in [1.54, 1.807) is 0 Å². The lowest BCUT2D eigenvalue weighted by Gasteiger charge is -2.10. The van der Waals surface area contributed by atoms with Gasteiger partial charge in [0.15, 0.2) is 5.69 Å². The van der Waals surface area contributed by atoms with E-state index in [4.69, 9.17) is 5.14 Å². The van der Waals surface area contributed by atoms with Crippen LogP contribution in [0.3, 0.4) is 0 Å². The molecule has 7 nitrogen and oxygen atoms in total. The Hall–Kier alpha value is -3.05. The predicted molar refractivity (Wildman–Crippen MR) is 88.7 cm³/mol. The molecule has 0 radical (unpaired) electrons. The van der Waals surface area contributed by atoms with E-state index in [-0.39, 0.29) is 27.7 Å². The molecule has 1 aromatic heterocycles. The van der Waals surface area contributed by atoms with Gasteiger partial charge in [-0.3, -0.25) is 4.57 Å². The summed E-state index contributed by atoms with van der Waals surface area (Å²) in [6, 6.07) is 8.08. The molecule has 0 atom stereocenters. The number of phenolic OH excluding ortho intramolecular Hbond substituents is 2. The van der Waals surface area contributed by atoms with Crippen molar-refractivity contribution in [1.82, 2.24) is 9.55 Å². The maximum Gasteiger partial charge on any atom is 0.434 e. The molecule has 0 amide bonds. The van der Waals surface area contributed by atoms with E-state index in [1.165, 1.54) is 12.1 Å². The van der Waals surface area contributed by atoms with Gasteiger partial charge in [0.1, 0.15) is 17.3 Å². The summed E-state index contributed by atoms with van der Waals surface area (Å²) in [6.07, 6.45) is -4.06. The lowest BCUT2D eigenvalue weighted by atomic mass is 10.1. The summed E-state index contributed by atoms with van der Waals surface area (Å²) in [5, 5.41) is 24.6. The van der Waals surface area contributed by atoms with Gasteiger partial charge in [0.25, 0.3) is 0 Å². The number of nitrogens with zero attached hydrogens (tertiary/aromatic N) is 2. The first kappa shape index (κ1) is 18.7. The van der Waals surface area contributed by atoms with Gasteiger partial charge in [-0.1, -0.05) is 0 Å². The van der Waals surface area contributed by atoms with Crippen LogP contribution >= 0.6 is 0 Å². The molecule has 11 heteroatoms. The minimum Gasteiger partial charge on any atom is -0.508 e. The minimum atomic E-state index is -4.76. The molecule has 0 aliphatic heterocycles. The molecule has 142 valence electrons. The van der Waals surface area contributed by atoms with Crippen molar-refractivity contribution in [2.45, 2.75) is 11.1 Å². The molecular weight excluding hydrogens is 387 g/mol. The van der Waals surface area contributed by atoms with Gasteiger partial charge in [0.05, 0.1) is 10.5 Å². The lowest BCUT2D eigenvalue weighted by Crippen LogP contribution is -2.12. The maximum absolute atomic E-state index is 13.1. The second-order valence-corrected chi connectivity index (χ2v) is 7.12. The van der Waals surface area contributed by atoms with Crippen LogP contribution in [0.1, 0.15) is 5.69 Å². The van der Waals surface area contributed by atoms with Crippen LogP contribution in [0.15, 0.2) is 53.6 Å². The van der Waals surface area contributed by atoms with Crippen LogP contribution < -0.4 is 5.14 Å². The number of hydrogen-bond acceptors (Lipinski definition) is 5. The van der Waals surface area contributed by atoms with Crippen molar-refractivity contribution in [1.29, 1.82) is 0 Å². The van der Waals surface area contributed by atoms with E-state index in [0.29, 0.717) is 6.20 Å². The van der Waals surface area contributed by atoms with Crippen LogP contribution in [-0.4, -0.2) is 28.2 Å². The zero-order valence-electron chi connectivity index (χ0n) is 13.3. The number of sulfonamides is 1. The fourth-order valence-electron chi connectivity index (χ4n) is 2.40. The number of primary sulfonamides is 1. The Bertz CT molecular complexity index is 1110. The molecule has 0 aliphatic rings. The third-order valence-electron chi connectivity index (χ3n) is 3.66. The second-order valence-electron chi connectivity index (χ2n) is 5.56. The normalized spacial score (nSPS) is 12.3. The number of imidazole rings is 1. The molecule has 0 saturated heterocycles. The van der Waals surface area contributed by atoms with Crippen LogP contribution in [0.4, 0.5) is 13.2 Å². The fraction of sp³-hybridized carbons (Fsp3) is 0.0625. The number of aromatic nitrogens is 2. The number of halogens is 3. The summed E-state index contributed by atoms with van der Waals surface area (Å²) in [5.41, 5.74) is -1.22. The summed E-state index contributed by atoms with van der Waals surface area (Å²) >= 11 is 0. The third kappa shape index (κ3) is 3.73.